The first-order valence-corrected chi connectivity index (χ1v) is 8.33. The molecule has 7 nitrogen and oxygen atoms in total. The van der Waals surface area contributed by atoms with Gasteiger partial charge in [-0.15, -0.1) is 0 Å². The molecule has 1 aromatic carbocycles. The summed E-state index contributed by atoms with van der Waals surface area (Å²) in [7, 11) is 0. The molecule has 2 N–H and O–H groups in total. The van der Waals surface area contributed by atoms with E-state index in [4.69, 9.17) is 14.9 Å². The first-order valence-electron chi connectivity index (χ1n) is 8.33. The number of halogens is 1. The largest absolute Gasteiger partial charge is 0.450 e. The van der Waals surface area contributed by atoms with Gasteiger partial charge in [-0.05, 0) is 44.4 Å². The Labute approximate surface area is 148 Å². The smallest absolute Gasteiger partial charge is 0.375 e. The molecule has 0 bridgehead atoms. The Kier molecular flexibility index (Phi) is 4.92. The minimum absolute atomic E-state index is 0.0801. The van der Waals surface area contributed by atoms with Crippen LogP contribution in [0.1, 0.15) is 35.4 Å². The molecular weight excluding hydrogens is 343 g/mol. The normalized spacial score (nSPS) is 17.3. The van der Waals surface area contributed by atoms with Gasteiger partial charge in [-0.2, -0.15) is 0 Å². The van der Waals surface area contributed by atoms with Crippen molar-refractivity contribution in [3.05, 3.63) is 35.3 Å². The number of primary amides is 1. The fourth-order valence-electron chi connectivity index (χ4n) is 3.19. The van der Waals surface area contributed by atoms with Crippen molar-refractivity contribution in [3.8, 4) is 0 Å². The third-order valence-electron chi connectivity index (χ3n) is 4.56. The van der Waals surface area contributed by atoms with Crippen molar-refractivity contribution in [1.82, 2.24) is 4.90 Å². The van der Waals surface area contributed by atoms with Gasteiger partial charge in [0.15, 0.2) is 6.61 Å². The van der Waals surface area contributed by atoms with Gasteiger partial charge in [0.25, 0.3) is 5.91 Å². The molecule has 2 aromatic rings. The van der Waals surface area contributed by atoms with Crippen molar-refractivity contribution >= 4 is 28.8 Å². The van der Waals surface area contributed by atoms with E-state index < -0.39 is 36.2 Å². The van der Waals surface area contributed by atoms with Crippen LogP contribution in [0.2, 0.25) is 0 Å². The van der Waals surface area contributed by atoms with Crippen LogP contribution in [-0.4, -0.2) is 41.9 Å². The van der Waals surface area contributed by atoms with Gasteiger partial charge >= 0.3 is 5.97 Å². The zero-order valence-corrected chi connectivity index (χ0v) is 14.3. The first-order chi connectivity index (χ1) is 12.4. The molecule has 1 atom stereocenters. The van der Waals surface area contributed by atoms with Crippen LogP contribution in [0.15, 0.2) is 22.6 Å². The van der Waals surface area contributed by atoms with Crippen molar-refractivity contribution < 1.29 is 27.9 Å². The van der Waals surface area contributed by atoms with E-state index in [-0.39, 0.29) is 5.76 Å². The number of piperidine rings is 1. The monoisotopic (exact) mass is 362 g/mol. The Hall–Kier alpha value is -2.90. The van der Waals surface area contributed by atoms with E-state index in [1.165, 1.54) is 23.1 Å². The number of furan rings is 1. The molecule has 1 aromatic heterocycles. The molecule has 0 saturated carbocycles. The number of hydrogen-bond donors (Lipinski definition) is 1. The molecule has 0 radical (unpaired) electrons. The van der Waals surface area contributed by atoms with Crippen LogP contribution in [0.3, 0.4) is 0 Å². The van der Waals surface area contributed by atoms with Gasteiger partial charge in [-0.1, -0.05) is 0 Å². The standard InChI is InChI=1S/C18H19FN2O5/c1-10-12-8-11(19)5-6-14(12)26-16(10)18(24)25-9-15(22)21-7-3-2-4-13(21)17(20)23/h5-6,8,13H,2-4,7,9H2,1H3,(H2,20,23)/t13-/m1/s1. The maximum absolute atomic E-state index is 13.3. The summed E-state index contributed by atoms with van der Waals surface area (Å²) in [5.41, 5.74) is 6.12. The van der Waals surface area contributed by atoms with Crippen molar-refractivity contribution in [2.24, 2.45) is 5.73 Å². The number of benzene rings is 1. The number of nitrogens with two attached hydrogens (primary N) is 1. The van der Waals surface area contributed by atoms with Crippen LogP contribution in [0.5, 0.6) is 0 Å². The molecule has 138 valence electrons. The molecule has 2 heterocycles. The third-order valence-corrected chi connectivity index (χ3v) is 4.56. The number of amides is 2. The number of fused-ring (bicyclic) bond motifs is 1. The lowest BCUT2D eigenvalue weighted by atomic mass is 10.0. The Bertz CT molecular complexity index is 876. The lowest BCUT2D eigenvalue weighted by Gasteiger charge is -2.33. The van der Waals surface area contributed by atoms with E-state index >= 15 is 0 Å². The van der Waals surface area contributed by atoms with Gasteiger partial charge in [-0.25, -0.2) is 9.18 Å². The Morgan fingerprint density at radius 3 is 2.85 bits per heavy atom. The highest BCUT2D eigenvalue weighted by Crippen LogP contribution is 2.26. The molecule has 1 aliphatic heterocycles. The summed E-state index contributed by atoms with van der Waals surface area (Å²) in [4.78, 5) is 37.4. The lowest BCUT2D eigenvalue weighted by Crippen LogP contribution is -2.51. The van der Waals surface area contributed by atoms with Crippen LogP contribution in [0.4, 0.5) is 4.39 Å². The second-order valence-corrected chi connectivity index (χ2v) is 6.27. The Balaban J connectivity index is 1.69. The Morgan fingerprint density at radius 2 is 2.12 bits per heavy atom. The van der Waals surface area contributed by atoms with Gasteiger partial charge in [0.1, 0.15) is 17.4 Å². The molecule has 0 aliphatic carbocycles. The predicted octanol–water partition coefficient (Wildman–Crippen LogP) is 1.90. The van der Waals surface area contributed by atoms with E-state index in [0.29, 0.717) is 29.5 Å². The summed E-state index contributed by atoms with van der Waals surface area (Å²) in [6, 6.07) is 3.24. The summed E-state index contributed by atoms with van der Waals surface area (Å²) in [6.07, 6.45) is 2.08. The first kappa shape index (κ1) is 17.9. The quantitative estimate of drug-likeness (QED) is 0.837. The molecule has 3 rings (SSSR count). The van der Waals surface area contributed by atoms with Gasteiger partial charge in [0, 0.05) is 17.5 Å². The van der Waals surface area contributed by atoms with Gasteiger partial charge in [0.2, 0.25) is 11.7 Å². The van der Waals surface area contributed by atoms with Crippen molar-refractivity contribution in [2.45, 2.75) is 32.2 Å². The predicted molar refractivity (Wildman–Crippen MR) is 89.7 cm³/mol. The number of hydrogen-bond acceptors (Lipinski definition) is 5. The highest BCUT2D eigenvalue weighted by molar-refractivity contribution is 5.97. The second kappa shape index (κ2) is 7.15. The number of nitrogens with zero attached hydrogens (tertiary/aromatic N) is 1. The van der Waals surface area contributed by atoms with Crippen LogP contribution >= 0.6 is 0 Å². The zero-order valence-electron chi connectivity index (χ0n) is 14.3. The summed E-state index contributed by atoms with van der Waals surface area (Å²) < 4.78 is 23.8. The van der Waals surface area contributed by atoms with Crippen molar-refractivity contribution in [3.63, 3.8) is 0 Å². The maximum Gasteiger partial charge on any atom is 0.375 e. The molecular formula is C18H19FN2O5. The summed E-state index contributed by atoms with van der Waals surface area (Å²) >= 11 is 0. The molecule has 1 aliphatic rings. The van der Waals surface area contributed by atoms with Crippen LogP contribution in [0, 0.1) is 12.7 Å². The van der Waals surface area contributed by atoms with E-state index in [2.05, 4.69) is 0 Å². The minimum Gasteiger partial charge on any atom is -0.450 e. The molecule has 2 amide bonds. The topological polar surface area (TPSA) is 103 Å². The third kappa shape index (κ3) is 3.40. The van der Waals surface area contributed by atoms with E-state index in [1.807, 2.05) is 0 Å². The Morgan fingerprint density at radius 1 is 1.35 bits per heavy atom. The number of ether oxygens (including phenoxy) is 1. The SMILES string of the molecule is Cc1c(C(=O)OCC(=O)N2CCCC[C@@H]2C(N)=O)oc2ccc(F)cc12. The van der Waals surface area contributed by atoms with Crippen LogP contribution in [0.25, 0.3) is 11.0 Å². The lowest BCUT2D eigenvalue weighted by molar-refractivity contribution is -0.143. The summed E-state index contributed by atoms with van der Waals surface area (Å²) in [5, 5.41) is 0.466. The molecule has 1 fully saturated rings. The number of rotatable bonds is 4. The van der Waals surface area contributed by atoms with Crippen molar-refractivity contribution in [2.75, 3.05) is 13.2 Å². The van der Waals surface area contributed by atoms with Crippen LogP contribution < -0.4 is 5.73 Å². The second-order valence-electron chi connectivity index (χ2n) is 6.27. The fourth-order valence-corrected chi connectivity index (χ4v) is 3.19. The molecule has 1 saturated heterocycles. The van der Waals surface area contributed by atoms with Crippen LogP contribution in [-0.2, 0) is 14.3 Å². The summed E-state index contributed by atoms with van der Waals surface area (Å²) in [5.74, 6) is -2.40. The maximum atomic E-state index is 13.3. The van der Waals surface area contributed by atoms with E-state index in [9.17, 15) is 18.8 Å². The zero-order chi connectivity index (χ0) is 18.8. The van der Waals surface area contributed by atoms with Gasteiger partial charge in [-0.3, -0.25) is 9.59 Å². The molecule has 0 spiro atoms. The molecule has 0 unspecified atom stereocenters. The van der Waals surface area contributed by atoms with Crippen molar-refractivity contribution in [1.29, 1.82) is 0 Å². The average molecular weight is 362 g/mol. The number of carbonyl (C=O) groups excluding carboxylic acids is 3. The van der Waals surface area contributed by atoms with Gasteiger partial charge in [0.05, 0.1) is 0 Å². The number of aryl methyl sites for hydroxylation is 1. The number of likely N-dealkylation sites (tertiary alicyclic amines) is 1. The molecule has 26 heavy (non-hydrogen) atoms. The van der Waals surface area contributed by atoms with E-state index in [0.717, 1.165) is 12.8 Å². The van der Waals surface area contributed by atoms with Gasteiger partial charge < -0.3 is 19.8 Å². The highest BCUT2D eigenvalue weighted by Gasteiger charge is 2.31. The average Bonchev–Trinajstić information content (AvgIpc) is 2.95. The molecule has 8 heteroatoms. The number of esters is 1. The summed E-state index contributed by atoms with van der Waals surface area (Å²) in [6.45, 7) is 1.48. The minimum atomic E-state index is -0.819. The highest BCUT2D eigenvalue weighted by atomic mass is 19.1. The van der Waals surface area contributed by atoms with E-state index in [1.54, 1.807) is 6.92 Å². The number of carbonyl (C=O) groups is 3. The fraction of sp³-hybridized carbons (Fsp3) is 0.389.